The standard InChI is InChI=1S/C28H24FN3O3S/c29-24-12-5-4-8-22(24)19-32-27(34)25(36-28(32)35)18-20-7-6-9-21(17-20)26(33)31-15-13-30(14-16-31)23-10-2-1-3-11-23/h1-12,17-18H,13-16,19H2. The van der Waals surface area contributed by atoms with Gasteiger partial charge in [0.2, 0.25) is 0 Å². The summed E-state index contributed by atoms with van der Waals surface area (Å²) >= 11 is 0.817. The lowest BCUT2D eigenvalue weighted by molar-refractivity contribution is -0.123. The van der Waals surface area contributed by atoms with Crippen LogP contribution in [0.4, 0.5) is 14.9 Å². The molecular formula is C28H24FN3O3S. The molecule has 0 bridgehead atoms. The first kappa shape index (κ1) is 23.8. The third-order valence-corrected chi connectivity index (χ3v) is 7.19. The second-order valence-corrected chi connectivity index (χ2v) is 9.59. The van der Waals surface area contributed by atoms with Crippen LogP contribution >= 0.6 is 11.8 Å². The van der Waals surface area contributed by atoms with Gasteiger partial charge in [-0.25, -0.2) is 4.39 Å². The number of nitrogens with zero attached hydrogens (tertiary/aromatic N) is 3. The Hall–Kier alpha value is -3.91. The van der Waals surface area contributed by atoms with Crippen LogP contribution in [0.3, 0.4) is 0 Å². The summed E-state index contributed by atoms with van der Waals surface area (Å²) in [5.41, 5.74) is 2.61. The molecule has 0 unspecified atom stereocenters. The molecule has 2 saturated heterocycles. The number of imide groups is 1. The third kappa shape index (κ3) is 5.04. The molecule has 0 aliphatic carbocycles. The quantitative estimate of drug-likeness (QED) is 0.459. The van der Waals surface area contributed by atoms with Crippen molar-refractivity contribution in [3.05, 3.63) is 106 Å². The minimum Gasteiger partial charge on any atom is -0.368 e. The number of para-hydroxylation sites is 1. The zero-order chi connectivity index (χ0) is 25.1. The minimum atomic E-state index is -0.470. The van der Waals surface area contributed by atoms with E-state index in [4.69, 9.17) is 0 Å². The fraction of sp³-hybridized carbons (Fsp3) is 0.179. The van der Waals surface area contributed by atoms with Gasteiger partial charge >= 0.3 is 0 Å². The van der Waals surface area contributed by atoms with E-state index in [1.807, 2.05) is 23.1 Å². The zero-order valence-electron chi connectivity index (χ0n) is 19.5. The van der Waals surface area contributed by atoms with Gasteiger partial charge in [0.05, 0.1) is 11.4 Å². The topological polar surface area (TPSA) is 60.9 Å². The molecule has 0 saturated carbocycles. The summed E-state index contributed by atoms with van der Waals surface area (Å²) in [6, 6.07) is 23.3. The van der Waals surface area contributed by atoms with E-state index >= 15 is 0 Å². The Morgan fingerprint density at radius 3 is 2.36 bits per heavy atom. The molecular weight excluding hydrogens is 477 g/mol. The second-order valence-electron chi connectivity index (χ2n) is 8.60. The molecule has 5 rings (SSSR count). The van der Waals surface area contributed by atoms with Gasteiger partial charge < -0.3 is 9.80 Å². The van der Waals surface area contributed by atoms with Crippen molar-refractivity contribution in [1.29, 1.82) is 0 Å². The number of carbonyl (C=O) groups excluding carboxylic acids is 3. The van der Waals surface area contributed by atoms with Gasteiger partial charge in [-0.15, -0.1) is 0 Å². The number of rotatable bonds is 5. The maximum atomic E-state index is 14.0. The van der Waals surface area contributed by atoms with Crippen molar-refractivity contribution in [1.82, 2.24) is 9.80 Å². The van der Waals surface area contributed by atoms with E-state index in [1.54, 1.807) is 48.5 Å². The molecule has 2 heterocycles. The number of amides is 3. The van der Waals surface area contributed by atoms with Gasteiger partial charge in [0, 0.05) is 43.0 Å². The van der Waals surface area contributed by atoms with Crippen molar-refractivity contribution in [3.8, 4) is 0 Å². The Morgan fingerprint density at radius 1 is 0.889 bits per heavy atom. The summed E-state index contributed by atoms with van der Waals surface area (Å²) in [6.45, 7) is 2.62. The molecule has 3 aromatic carbocycles. The van der Waals surface area contributed by atoms with E-state index in [9.17, 15) is 18.8 Å². The van der Waals surface area contributed by atoms with Crippen LogP contribution in [0, 0.1) is 5.82 Å². The van der Waals surface area contributed by atoms with E-state index in [2.05, 4.69) is 17.0 Å². The predicted molar refractivity (Wildman–Crippen MR) is 139 cm³/mol. The fourth-order valence-corrected chi connectivity index (χ4v) is 5.17. The number of hydrogen-bond donors (Lipinski definition) is 0. The van der Waals surface area contributed by atoms with Crippen LogP contribution in [-0.2, 0) is 11.3 Å². The van der Waals surface area contributed by atoms with Crippen LogP contribution in [0.2, 0.25) is 0 Å². The van der Waals surface area contributed by atoms with E-state index in [0.717, 1.165) is 35.4 Å². The second kappa shape index (κ2) is 10.4. The lowest BCUT2D eigenvalue weighted by atomic mass is 10.1. The van der Waals surface area contributed by atoms with Gasteiger partial charge in [0.15, 0.2) is 0 Å². The monoisotopic (exact) mass is 501 g/mol. The van der Waals surface area contributed by atoms with Gasteiger partial charge in [-0.2, -0.15) is 0 Å². The largest absolute Gasteiger partial charge is 0.368 e. The third-order valence-electron chi connectivity index (χ3n) is 6.28. The molecule has 6 nitrogen and oxygen atoms in total. The van der Waals surface area contributed by atoms with Gasteiger partial charge in [-0.05, 0) is 53.7 Å². The molecule has 2 aliphatic heterocycles. The predicted octanol–water partition coefficient (Wildman–Crippen LogP) is 5.02. The molecule has 2 aliphatic rings. The van der Waals surface area contributed by atoms with Crippen molar-refractivity contribution in [2.45, 2.75) is 6.54 Å². The number of carbonyl (C=O) groups is 3. The summed E-state index contributed by atoms with van der Waals surface area (Å²) in [4.78, 5) is 43.8. The molecule has 3 aromatic rings. The molecule has 0 N–H and O–H groups in total. The fourth-order valence-electron chi connectivity index (χ4n) is 4.34. The summed E-state index contributed by atoms with van der Waals surface area (Å²) in [7, 11) is 0. The summed E-state index contributed by atoms with van der Waals surface area (Å²) in [5.74, 6) is -0.996. The highest BCUT2D eigenvalue weighted by Crippen LogP contribution is 2.33. The van der Waals surface area contributed by atoms with E-state index in [1.165, 1.54) is 6.07 Å². The maximum Gasteiger partial charge on any atom is 0.293 e. The minimum absolute atomic E-state index is 0.0642. The maximum absolute atomic E-state index is 14.0. The van der Waals surface area contributed by atoms with Crippen LogP contribution in [0.5, 0.6) is 0 Å². The first-order valence-corrected chi connectivity index (χ1v) is 12.5. The number of hydrogen-bond acceptors (Lipinski definition) is 5. The average Bonchev–Trinajstić information content (AvgIpc) is 3.17. The van der Waals surface area contributed by atoms with Gasteiger partial charge in [-0.1, -0.05) is 48.5 Å². The Kier molecular flexibility index (Phi) is 6.86. The van der Waals surface area contributed by atoms with Crippen molar-refractivity contribution in [2.75, 3.05) is 31.1 Å². The Balaban J connectivity index is 1.26. The highest BCUT2D eigenvalue weighted by atomic mass is 32.2. The Morgan fingerprint density at radius 2 is 1.61 bits per heavy atom. The molecule has 8 heteroatoms. The smallest absolute Gasteiger partial charge is 0.293 e. The van der Waals surface area contributed by atoms with Crippen LogP contribution in [-0.4, -0.2) is 53.0 Å². The first-order chi connectivity index (χ1) is 17.5. The molecule has 3 amide bonds. The van der Waals surface area contributed by atoms with E-state index in [-0.39, 0.29) is 22.9 Å². The lowest BCUT2D eigenvalue weighted by Crippen LogP contribution is -2.48. The molecule has 2 fully saturated rings. The molecule has 182 valence electrons. The first-order valence-electron chi connectivity index (χ1n) is 11.7. The molecule has 0 atom stereocenters. The van der Waals surface area contributed by atoms with Gasteiger partial charge in [0.25, 0.3) is 17.1 Å². The molecule has 0 spiro atoms. The highest BCUT2D eigenvalue weighted by molar-refractivity contribution is 8.18. The van der Waals surface area contributed by atoms with Crippen molar-refractivity contribution >= 4 is 40.6 Å². The van der Waals surface area contributed by atoms with Crippen molar-refractivity contribution in [3.63, 3.8) is 0 Å². The number of piperazine rings is 1. The normalized spacial score (nSPS) is 17.2. The Labute approximate surface area is 213 Å². The lowest BCUT2D eigenvalue weighted by Gasteiger charge is -2.36. The molecule has 0 radical (unpaired) electrons. The number of benzene rings is 3. The highest BCUT2D eigenvalue weighted by Gasteiger charge is 2.35. The molecule has 0 aromatic heterocycles. The number of anilines is 1. The number of halogens is 1. The number of thioether (sulfide) groups is 1. The summed E-state index contributed by atoms with van der Waals surface area (Å²) in [6.07, 6.45) is 1.61. The van der Waals surface area contributed by atoms with E-state index < -0.39 is 17.0 Å². The van der Waals surface area contributed by atoms with Crippen LogP contribution in [0.15, 0.2) is 83.8 Å². The summed E-state index contributed by atoms with van der Waals surface area (Å²) < 4.78 is 14.0. The van der Waals surface area contributed by atoms with E-state index in [0.29, 0.717) is 24.2 Å². The average molecular weight is 502 g/mol. The van der Waals surface area contributed by atoms with Crippen LogP contribution in [0.25, 0.3) is 6.08 Å². The summed E-state index contributed by atoms with van der Waals surface area (Å²) in [5, 5.41) is -0.446. The van der Waals surface area contributed by atoms with Crippen molar-refractivity contribution < 1.29 is 18.8 Å². The van der Waals surface area contributed by atoms with Crippen molar-refractivity contribution in [2.24, 2.45) is 0 Å². The van der Waals surface area contributed by atoms with Gasteiger partial charge in [0.1, 0.15) is 5.82 Å². The van der Waals surface area contributed by atoms with Crippen LogP contribution < -0.4 is 4.90 Å². The molecule has 36 heavy (non-hydrogen) atoms. The Bertz CT molecular complexity index is 1340. The SMILES string of the molecule is O=C(c1cccc(C=C2SC(=O)N(Cc3ccccc3F)C2=O)c1)N1CCN(c2ccccc2)CC1. The van der Waals surface area contributed by atoms with Crippen LogP contribution in [0.1, 0.15) is 21.5 Å². The van der Waals surface area contributed by atoms with Gasteiger partial charge in [-0.3, -0.25) is 19.3 Å². The zero-order valence-corrected chi connectivity index (χ0v) is 20.3.